The van der Waals surface area contributed by atoms with Crippen molar-refractivity contribution in [1.29, 1.82) is 0 Å². The largest absolute Gasteiger partial charge is 0.439 e. The van der Waals surface area contributed by atoms with Crippen LogP contribution in [0.3, 0.4) is 0 Å². The van der Waals surface area contributed by atoms with E-state index in [1.165, 1.54) is 18.4 Å². The Morgan fingerprint density at radius 2 is 1.86 bits per heavy atom. The van der Waals surface area contributed by atoms with E-state index >= 15 is 0 Å². The number of aromatic nitrogens is 1. The molecule has 112 valence electrons. The van der Waals surface area contributed by atoms with Crippen molar-refractivity contribution in [2.24, 2.45) is 0 Å². The minimum Gasteiger partial charge on any atom is -0.439 e. The Morgan fingerprint density at radius 3 is 2.43 bits per heavy atom. The second-order valence-corrected chi connectivity index (χ2v) is 6.85. The molecular formula is C15H18N2O3S. The summed E-state index contributed by atoms with van der Waals surface area (Å²) in [5, 5.41) is 3.08. The smallest absolute Gasteiger partial charge is 0.219 e. The number of rotatable bonds is 5. The van der Waals surface area contributed by atoms with Crippen LogP contribution in [0.2, 0.25) is 0 Å². The lowest BCUT2D eigenvalue weighted by Crippen LogP contribution is -2.06. The predicted molar refractivity (Wildman–Crippen MR) is 81.4 cm³/mol. The van der Waals surface area contributed by atoms with Crippen LogP contribution in [-0.4, -0.2) is 26.7 Å². The fourth-order valence-electron chi connectivity index (χ4n) is 1.94. The number of hydrogen-bond donors (Lipinski definition) is 1. The van der Waals surface area contributed by atoms with E-state index in [2.05, 4.69) is 10.3 Å². The fraction of sp³-hybridized carbons (Fsp3) is 0.267. The minimum atomic E-state index is -3.19. The molecule has 0 bridgehead atoms. The molecule has 0 atom stereocenters. The molecule has 0 spiro atoms. The van der Waals surface area contributed by atoms with Gasteiger partial charge in [0.2, 0.25) is 5.88 Å². The molecule has 5 nitrogen and oxygen atoms in total. The first-order chi connectivity index (χ1) is 9.88. The van der Waals surface area contributed by atoms with Crippen LogP contribution in [0.25, 0.3) is 0 Å². The number of hydrogen-bond acceptors (Lipinski definition) is 5. The maximum Gasteiger partial charge on any atom is 0.219 e. The summed E-state index contributed by atoms with van der Waals surface area (Å²) in [6, 6.07) is 10.1. The van der Waals surface area contributed by atoms with Crippen LogP contribution in [0.1, 0.15) is 11.3 Å². The Morgan fingerprint density at radius 1 is 1.19 bits per heavy atom. The van der Waals surface area contributed by atoms with Crippen LogP contribution in [0.15, 0.2) is 41.3 Å². The molecule has 0 aliphatic heterocycles. The molecule has 0 aliphatic rings. The molecule has 0 radical (unpaired) electrons. The molecule has 21 heavy (non-hydrogen) atoms. The quantitative estimate of drug-likeness (QED) is 0.918. The zero-order chi connectivity index (χ0) is 15.5. The lowest BCUT2D eigenvalue weighted by atomic mass is 10.2. The first kappa shape index (κ1) is 15.5. The van der Waals surface area contributed by atoms with Crippen molar-refractivity contribution in [2.45, 2.75) is 18.4 Å². The molecule has 2 aromatic rings. The van der Waals surface area contributed by atoms with Crippen LogP contribution in [-0.2, 0) is 16.4 Å². The summed E-state index contributed by atoms with van der Waals surface area (Å²) < 4.78 is 28.5. The monoisotopic (exact) mass is 306 g/mol. The summed E-state index contributed by atoms with van der Waals surface area (Å²) in [5.74, 6) is 1.04. The van der Waals surface area contributed by atoms with Crippen molar-refractivity contribution in [3.63, 3.8) is 0 Å². The number of aryl methyl sites for hydroxylation is 1. The first-order valence-electron chi connectivity index (χ1n) is 6.48. The number of nitrogens with one attached hydrogen (secondary N) is 1. The van der Waals surface area contributed by atoms with Crippen molar-refractivity contribution < 1.29 is 13.2 Å². The number of ether oxygens (including phenoxy) is 1. The highest BCUT2D eigenvalue weighted by molar-refractivity contribution is 7.90. The zero-order valence-electron chi connectivity index (χ0n) is 12.3. The third-order valence-electron chi connectivity index (χ3n) is 2.84. The van der Waals surface area contributed by atoms with E-state index in [0.717, 1.165) is 17.8 Å². The van der Waals surface area contributed by atoms with E-state index in [-0.39, 0.29) is 4.90 Å². The highest BCUT2D eigenvalue weighted by Gasteiger charge is 2.07. The van der Waals surface area contributed by atoms with Gasteiger partial charge in [-0.1, -0.05) is 0 Å². The molecule has 1 N–H and O–H groups in total. The molecule has 1 heterocycles. The Bertz CT molecular complexity index is 725. The topological polar surface area (TPSA) is 68.3 Å². The summed E-state index contributed by atoms with van der Waals surface area (Å²) in [6.07, 6.45) is 1.18. The second-order valence-electron chi connectivity index (χ2n) is 4.83. The number of benzene rings is 1. The van der Waals surface area contributed by atoms with Crippen LogP contribution in [0, 0.1) is 6.92 Å². The van der Waals surface area contributed by atoms with Gasteiger partial charge in [0.25, 0.3) is 0 Å². The van der Waals surface area contributed by atoms with E-state index < -0.39 is 9.84 Å². The average Bonchev–Trinajstić information content (AvgIpc) is 2.38. The molecule has 0 saturated carbocycles. The average molecular weight is 306 g/mol. The predicted octanol–water partition coefficient (Wildman–Crippen LogP) is 2.31. The molecule has 1 aromatic heterocycles. The highest BCUT2D eigenvalue weighted by Crippen LogP contribution is 2.22. The summed E-state index contributed by atoms with van der Waals surface area (Å²) in [5.41, 5.74) is 1.94. The van der Waals surface area contributed by atoms with Gasteiger partial charge in [-0.15, -0.1) is 0 Å². The second kappa shape index (κ2) is 6.24. The zero-order valence-corrected chi connectivity index (χ0v) is 13.1. The van der Waals surface area contributed by atoms with Gasteiger partial charge in [0, 0.05) is 24.6 Å². The van der Waals surface area contributed by atoms with Crippen LogP contribution in [0.5, 0.6) is 11.6 Å². The third-order valence-corrected chi connectivity index (χ3v) is 3.97. The third kappa shape index (κ3) is 4.27. The van der Waals surface area contributed by atoms with Gasteiger partial charge >= 0.3 is 0 Å². The molecule has 6 heteroatoms. The van der Waals surface area contributed by atoms with Crippen molar-refractivity contribution >= 4 is 9.84 Å². The molecular weight excluding hydrogens is 288 g/mol. The van der Waals surface area contributed by atoms with Gasteiger partial charge in [0.1, 0.15) is 5.75 Å². The maximum absolute atomic E-state index is 11.4. The van der Waals surface area contributed by atoms with E-state index in [9.17, 15) is 8.42 Å². The van der Waals surface area contributed by atoms with Crippen molar-refractivity contribution in [2.75, 3.05) is 13.3 Å². The Kier molecular flexibility index (Phi) is 4.59. The van der Waals surface area contributed by atoms with Gasteiger partial charge in [-0.05, 0) is 49.9 Å². The SMILES string of the molecule is CNCc1cc(C)nc(Oc2ccc(S(C)(=O)=O)cc2)c1. The lowest BCUT2D eigenvalue weighted by molar-refractivity contribution is 0.460. The lowest BCUT2D eigenvalue weighted by Gasteiger charge is -2.08. The van der Waals surface area contributed by atoms with Gasteiger partial charge < -0.3 is 10.1 Å². The van der Waals surface area contributed by atoms with Crippen molar-refractivity contribution in [3.8, 4) is 11.6 Å². The maximum atomic E-state index is 11.4. The van der Waals surface area contributed by atoms with E-state index in [4.69, 9.17) is 4.74 Å². The van der Waals surface area contributed by atoms with Crippen molar-refractivity contribution in [3.05, 3.63) is 47.7 Å². The molecule has 0 saturated heterocycles. The fourth-order valence-corrected chi connectivity index (χ4v) is 2.57. The molecule has 0 aliphatic carbocycles. The van der Waals surface area contributed by atoms with Gasteiger partial charge in [0.05, 0.1) is 4.90 Å². The number of sulfone groups is 1. The molecule has 0 fully saturated rings. The first-order valence-corrected chi connectivity index (χ1v) is 8.38. The van der Waals surface area contributed by atoms with E-state index in [1.807, 2.05) is 26.1 Å². The minimum absolute atomic E-state index is 0.267. The van der Waals surface area contributed by atoms with Gasteiger partial charge in [-0.3, -0.25) is 0 Å². The van der Waals surface area contributed by atoms with Gasteiger partial charge in [-0.2, -0.15) is 0 Å². The Labute approximate surface area is 124 Å². The van der Waals surface area contributed by atoms with Crippen LogP contribution in [0.4, 0.5) is 0 Å². The number of nitrogens with zero attached hydrogens (tertiary/aromatic N) is 1. The summed E-state index contributed by atoms with van der Waals surface area (Å²) >= 11 is 0. The summed E-state index contributed by atoms with van der Waals surface area (Å²) in [6.45, 7) is 2.63. The Hall–Kier alpha value is -1.92. The summed E-state index contributed by atoms with van der Waals surface area (Å²) in [4.78, 5) is 4.58. The summed E-state index contributed by atoms with van der Waals surface area (Å²) in [7, 11) is -1.32. The molecule has 0 unspecified atom stereocenters. The molecule has 1 aromatic carbocycles. The van der Waals surface area contributed by atoms with E-state index in [0.29, 0.717) is 11.6 Å². The molecule has 2 rings (SSSR count). The van der Waals surface area contributed by atoms with Gasteiger partial charge in [-0.25, -0.2) is 13.4 Å². The highest BCUT2D eigenvalue weighted by atomic mass is 32.2. The number of pyridine rings is 1. The Balaban J connectivity index is 2.22. The van der Waals surface area contributed by atoms with Crippen molar-refractivity contribution in [1.82, 2.24) is 10.3 Å². The normalized spacial score (nSPS) is 11.4. The van der Waals surface area contributed by atoms with Gasteiger partial charge in [0.15, 0.2) is 9.84 Å². The standard InChI is InChI=1S/C15H18N2O3S/c1-11-8-12(10-16-2)9-15(17-11)20-13-4-6-14(7-5-13)21(3,18)19/h4-9,16H,10H2,1-3H3. The van der Waals surface area contributed by atoms with E-state index in [1.54, 1.807) is 12.1 Å². The molecule has 0 amide bonds. The van der Waals surface area contributed by atoms with Crippen LogP contribution >= 0.6 is 0 Å². The van der Waals surface area contributed by atoms with Crippen LogP contribution < -0.4 is 10.1 Å².